The Balaban J connectivity index is 1.51. The third-order valence-electron chi connectivity index (χ3n) is 4.60. The number of amides is 1. The van der Waals surface area contributed by atoms with Crippen molar-refractivity contribution >= 4 is 29.3 Å². The zero-order valence-electron chi connectivity index (χ0n) is 15.5. The van der Waals surface area contributed by atoms with Gasteiger partial charge in [-0.1, -0.05) is 11.6 Å². The summed E-state index contributed by atoms with van der Waals surface area (Å²) in [5.41, 5.74) is 1.63. The molecular formula is C19H18ClFN6O2. The second-order valence-corrected chi connectivity index (χ2v) is 7.21. The zero-order chi connectivity index (χ0) is 20.5. The molecule has 1 amide bonds. The van der Waals surface area contributed by atoms with Crippen LogP contribution in [0.25, 0.3) is 5.69 Å². The first-order chi connectivity index (χ1) is 13.9. The molecule has 0 saturated carbocycles. The van der Waals surface area contributed by atoms with Gasteiger partial charge in [0.15, 0.2) is 11.6 Å². The van der Waals surface area contributed by atoms with Gasteiger partial charge >= 0.3 is 0 Å². The third-order valence-corrected chi connectivity index (χ3v) is 4.85. The molecule has 0 radical (unpaired) electrons. The largest absolute Gasteiger partial charge is 0.391 e. The van der Waals surface area contributed by atoms with Gasteiger partial charge in [0.2, 0.25) is 11.9 Å². The number of nitrogens with zero attached hydrogens (tertiary/aromatic N) is 5. The number of benzene rings is 1. The number of aliphatic hydroxyl groups excluding tert-OH is 1. The van der Waals surface area contributed by atoms with Gasteiger partial charge in [-0.05, 0) is 31.2 Å². The molecular weight excluding hydrogens is 399 g/mol. The minimum absolute atomic E-state index is 0.00720. The molecule has 150 valence electrons. The number of hydrogen-bond acceptors (Lipinski definition) is 6. The molecule has 2 atom stereocenters. The molecule has 0 spiro atoms. The zero-order valence-corrected chi connectivity index (χ0v) is 16.2. The first-order valence-electron chi connectivity index (χ1n) is 8.98. The summed E-state index contributed by atoms with van der Waals surface area (Å²) in [7, 11) is 0. The molecule has 2 aromatic heterocycles. The van der Waals surface area contributed by atoms with E-state index in [-0.39, 0.29) is 36.7 Å². The monoisotopic (exact) mass is 416 g/mol. The Bertz CT molecular complexity index is 1040. The number of anilines is 2. The number of β-amino-alcohol motifs (C(OH)–C–C–N with tert-alkyl or cyclic N) is 1. The van der Waals surface area contributed by atoms with Gasteiger partial charge in [-0.25, -0.2) is 14.4 Å². The minimum atomic E-state index is -0.830. The van der Waals surface area contributed by atoms with E-state index < -0.39 is 11.9 Å². The molecule has 1 aromatic carbocycles. The summed E-state index contributed by atoms with van der Waals surface area (Å²) in [6.07, 6.45) is 3.65. The van der Waals surface area contributed by atoms with Crippen LogP contribution in [0, 0.1) is 5.82 Å². The highest BCUT2D eigenvalue weighted by Crippen LogP contribution is 2.25. The molecule has 8 nitrogen and oxygen atoms in total. The van der Waals surface area contributed by atoms with Gasteiger partial charge in [-0.2, -0.15) is 4.98 Å². The summed E-state index contributed by atoms with van der Waals surface area (Å²) >= 11 is 5.92. The van der Waals surface area contributed by atoms with E-state index in [1.807, 2.05) is 29.8 Å². The highest BCUT2D eigenvalue weighted by atomic mass is 35.5. The third kappa shape index (κ3) is 4.06. The van der Waals surface area contributed by atoms with E-state index in [2.05, 4.69) is 20.3 Å². The van der Waals surface area contributed by atoms with Gasteiger partial charge < -0.3 is 15.0 Å². The number of aliphatic hydroxyl groups is 1. The summed E-state index contributed by atoms with van der Waals surface area (Å²) in [5.74, 6) is -1.10. The van der Waals surface area contributed by atoms with Gasteiger partial charge in [0.1, 0.15) is 0 Å². The van der Waals surface area contributed by atoms with Gasteiger partial charge in [-0.3, -0.25) is 9.69 Å². The lowest BCUT2D eigenvalue weighted by Gasteiger charge is -2.17. The van der Waals surface area contributed by atoms with Gasteiger partial charge in [0.05, 0.1) is 43.3 Å². The van der Waals surface area contributed by atoms with E-state index in [0.717, 1.165) is 22.5 Å². The molecule has 4 rings (SSSR count). The fourth-order valence-electron chi connectivity index (χ4n) is 3.09. The van der Waals surface area contributed by atoms with Crippen molar-refractivity contribution in [1.29, 1.82) is 0 Å². The molecule has 0 unspecified atom stereocenters. The van der Waals surface area contributed by atoms with E-state index in [9.17, 15) is 14.3 Å². The minimum Gasteiger partial charge on any atom is -0.391 e. The predicted octanol–water partition coefficient (Wildman–Crippen LogP) is 2.73. The van der Waals surface area contributed by atoms with Crippen LogP contribution in [0.3, 0.4) is 0 Å². The number of nitrogens with one attached hydrogen (secondary N) is 1. The molecule has 1 fully saturated rings. The smallest absolute Gasteiger partial charge is 0.230 e. The van der Waals surface area contributed by atoms with Crippen molar-refractivity contribution in [3.63, 3.8) is 0 Å². The van der Waals surface area contributed by atoms with Crippen molar-refractivity contribution in [3.8, 4) is 5.69 Å². The van der Waals surface area contributed by atoms with Gasteiger partial charge in [0.25, 0.3) is 0 Å². The topological polar surface area (TPSA) is 96.2 Å². The van der Waals surface area contributed by atoms with Crippen LogP contribution in [-0.4, -0.2) is 43.2 Å². The van der Waals surface area contributed by atoms with Crippen LogP contribution in [0.4, 0.5) is 16.2 Å². The summed E-state index contributed by atoms with van der Waals surface area (Å²) in [5, 5.41) is 13.3. The van der Waals surface area contributed by atoms with Gasteiger partial charge in [-0.15, -0.1) is 0 Å². The average molecular weight is 417 g/mol. The van der Waals surface area contributed by atoms with Crippen molar-refractivity contribution in [1.82, 2.24) is 19.5 Å². The second-order valence-electron chi connectivity index (χ2n) is 6.78. The summed E-state index contributed by atoms with van der Waals surface area (Å²) in [6.45, 7) is 1.87. The van der Waals surface area contributed by atoms with Crippen LogP contribution in [0.15, 0.2) is 43.0 Å². The number of imidazole rings is 1. The van der Waals surface area contributed by atoms with Crippen LogP contribution < -0.4 is 10.2 Å². The highest BCUT2D eigenvalue weighted by Gasteiger charge is 2.32. The molecule has 2 N–H and O–H groups in total. The molecule has 29 heavy (non-hydrogen) atoms. The number of rotatable bonds is 5. The number of halogens is 2. The second kappa shape index (κ2) is 7.76. The number of hydrogen-bond donors (Lipinski definition) is 2. The van der Waals surface area contributed by atoms with Crippen LogP contribution >= 0.6 is 11.6 Å². The quantitative estimate of drug-likeness (QED) is 0.664. The first-order valence-corrected chi connectivity index (χ1v) is 9.36. The maximum Gasteiger partial charge on any atom is 0.230 e. The fourth-order valence-corrected chi connectivity index (χ4v) is 3.22. The average Bonchev–Trinajstić information content (AvgIpc) is 3.30. The summed E-state index contributed by atoms with van der Waals surface area (Å²) < 4.78 is 16.0. The van der Waals surface area contributed by atoms with Crippen LogP contribution in [0.2, 0.25) is 5.02 Å². The van der Waals surface area contributed by atoms with E-state index in [0.29, 0.717) is 5.02 Å². The highest BCUT2D eigenvalue weighted by molar-refractivity contribution is 6.30. The first kappa shape index (κ1) is 19.3. The van der Waals surface area contributed by atoms with Crippen molar-refractivity contribution in [3.05, 3.63) is 59.5 Å². The molecule has 10 heteroatoms. The summed E-state index contributed by atoms with van der Waals surface area (Å²) in [6, 6.07) is 7.07. The normalized spacial score (nSPS) is 17.6. The van der Waals surface area contributed by atoms with Crippen molar-refractivity contribution in [2.45, 2.75) is 25.5 Å². The van der Waals surface area contributed by atoms with E-state index in [4.69, 9.17) is 11.6 Å². The van der Waals surface area contributed by atoms with E-state index in [1.54, 1.807) is 18.5 Å². The molecule has 0 aliphatic carbocycles. The Kier molecular flexibility index (Phi) is 5.16. The Morgan fingerprint density at radius 2 is 2.07 bits per heavy atom. The predicted molar refractivity (Wildman–Crippen MR) is 106 cm³/mol. The number of carbonyl (C=O) groups excluding carboxylic acids is 1. The van der Waals surface area contributed by atoms with Crippen molar-refractivity contribution in [2.24, 2.45) is 0 Å². The maximum absolute atomic E-state index is 14.1. The number of carbonyl (C=O) groups is 1. The Labute approximate surface area is 171 Å². The Hall–Kier alpha value is -3.04. The van der Waals surface area contributed by atoms with Crippen molar-refractivity contribution in [2.75, 3.05) is 16.8 Å². The van der Waals surface area contributed by atoms with E-state index >= 15 is 0 Å². The summed E-state index contributed by atoms with van der Waals surface area (Å²) in [4.78, 5) is 25.5. The van der Waals surface area contributed by atoms with Crippen LogP contribution in [0.1, 0.15) is 25.1 Å². The molecule has 1 aliphatic rings. The van der Waals surface area contributed by atoms with Crippen LogP contribution in [-0.2, 0) is 4.79 Å². The lowest BCUT2D eigenvalue weighted by Crippen LogP contribution is -2.28. The molecule has 1 aliphatic heterocycles. The lowest BCUT2D eigenvalue weighted by atomic mass is 10.2. The Morgan fingerprint density at radius 1 is 1.31 bits per heavy atom. The van der Waals surface area contributed by atoms with Crippen LogP contribution in [0.5, 0.6) is 0 Å². The molecule has 1 saturated heterocycles. The molecule has 0 bridgehead atoms. The SMILES string of the molecule is C[C@H](Nc1ncc(F)c(N2C[C@H](O)CC2=O)n1)c1cn(-c2ccc(Cl)cc2)cn1. The molecule has 3 aromatic rings. The lowest BCUT2D eigenvalue weighted by molar-refractivity contribution is -0.117. The maximum atomic E-state index is 14.1. The van der Waals surface area contributed by atoms with Gasteiger partial charge in [0, 0.05) is 16.9 Å². The standard InChI is InChI=1S/C19H18ClFN6O2/c1-11(16-9-26(10-23-16)13-4-2-12(20)3-5-13)24-19-22-7-15(21)18(25-19)27-8-14(28)6-17(27)29/h2-5,7,9-11,14,28H,6,8H2,1H3,(H,22,24,25)/t11-,14+/m0/s1. The number of aromatic nitrogens is 4. The fraction of sp³-hybridized carbons (Fsp3) is 0.263. The van der Waals surface area contributed by atoms with Crippen molar-refractivity contribution < 1.29 is 14.3 Å². The Morgan fingerprint density at radius 3 is 2.76 bits per heavy atom. The van der Waals surface area contributed by atoms with E-state index in [1.165, 1.54) is 0 Å². The molecule has 3 heterocycles.